The van der Waals surface area contributed by atoms with Crippen molar-refractivity contribution in [1.29, 1.82) is 0 Å². The normalized spacial score (nSPS) is 14.8. The summed E-state index contributed by atoms with van der Waals surface area (Å²) in [5, 5.41) is 21.2. The number of rotatable bonds is 3. The number of alkyl halides is 3. The molecular formula is C20H14F3N3O5. The number of ether oxygens (including phenoxy) is 1. The van der Waals surface area contributed by atoms with E-state index in [1.165, 1.54) is 23.8 Å². The van der Waals surface area contributed by atoms with E-state index in [-0.39, 0.29) is 29.0 Å². The zero-order valence-corrected chi connectivity index (χ0v) is 15.9. The molecule has 2 aromatic carbocycles. The molecule has 1 aliphatic rings. The van der Waals surface area contributed by atoms with E-state index >= 15 is 0 Å². The van der Waals surface area contributed by atoms with Crippen LogP contribution < -0.4 is 10.3 Å². The van der Waals surface area contributed by atoms with Gasteiger partial charge >= 0.3 is 11.9 Å². The van der Waals surface area contributed by atoms with Crippen molar-refractivity contribution in [3.63, 3.8) is 0 Å². The van der Waals surface area contributed by atoms with Gasteiger partial charge in [-0.2, -0.15) is 13.2 Å². The molecule has 3 aromatic rings. The van der Waals surface area contributed by atoms with E-state index in [0.717, 1.165) is 24.3 Å². The van der Waals surface area contributed by atoms with E-state index in [1.54, 1.807) is 0 Å². The summed E-state index contributed by atoms with van der Waals surface area (Å²) in [5.41, 5.74) is -1.22. The molecule has 160 valence electrons. The van der Waals surface area contributed by atoms with Gasteiger partial charge in [0.15, 0.2) is 5.75 Å². The first-order chi connectivity index (χ1) is 14.6. The molecule has 8 nitrogen and oxygen atoms in total. The number of phenolic OH excluding ortho intramolecular Hbond substituents is 1. The van der Waals surface area contributed by atoms with Gasteiger partial charge in [0.25, 0.3) is 5.56 Å². The van der Waals surface area contributed by atoms with Crippen LogP contribution >= 0.6 is 0 Å². The zero-order valence-electron chi connectivity index (χ0n) is 15.9. The number of aromatic nitrogens is 2. The first kappa shape index (κ1) is 20.4. The minimum absolute atomic E-state index is 0.0694. The molecule has 2 heterocycles. The van der Waals surface area contributed by atoms with Gasteiger partial charge in [-0.1, -0.05) is 0 Å². The number of nitro benzene ring substituents is 1. The van der Waals surface area contributed by atoms with Gasteiger partial charge < -0.3 is 9.84 Å². The molecule has 0 atom stereocenters. The van der Waals surface area contributed by atoms with Crippen molar-refractivity contribution in [3.8, 4) is 11.5 Å². The summed E-state index contributed by atoms with van der Waals surface area (Å²) in [7, 11) is 1.24. The van der Waals surface area contributed by atoms with Gasteiger partial charge in [-0.05, 0) is 47.9 Å². The highest BCUT2D eigenvalue weighted by atomic mass is 19.4. The third-order valence-corrected chi connectivity index (χ3v) is 5.01. The molecule has 0 radical (unpaired) electrons. The van der Waals surface area contributed by atoms with Gasteiger partial charge in [-0.25, -0.2) is 4.98 Å². The Morgan fingerprint density at radius 2 is 2.03 bits per heavy atom. The molecule has 11 heteroatoms. The molecule has 4 rings (SSSR count). The lowest BCUT2D eigenvalue weighted by Gasteiger charge is -2.10. The van der Waals surface area contributed by atoms with Gasteiger partial charge in [0.2, 0.25) is 5.75 Å². The predicted molar refractivity (Wildman–Crippen MR) is 105 cm³/mol. The molecule has 0 aliphatic carbocycles. The summed E-state index contributed by atoms with van der Waals surface area (Å²) in [6, 6.07) is 5.28. The quantitative estimate of drug-likeness (QED) is 0.495. The fourth-order valence-electron chi connectivity index (χ4n) is 3.52. The molecule has 0 amide bonds. The van der Waals surface area contributed by atoms with Crippen molar-refractivity contribution in [1.82, 2.24) is 9.55 Å². The molecule has 1 aliphatic heterocycles. The number of nitro groups is 1. The number of methoxy groups -OCH3 is 1. The summed E-state index contributed by atoms with van der Waals surface area (Å²) in [6.07, 6.45) is -2.70. The average Bonchev–Trinajstić information content (AvgIpc) is 3.10. The first-order valence-electron chi connectivity index (χ1n) is 8.98. The van der Waals surface area contributed by atoms with Crippen molar-refractivity contribution in [2.24, 2.45) is 0 Å². The zero-order chi connectivity index (χ0) is 22.5. The molecule has 31 heavy (non-hydrogen) atoms. The highest BCUT2D eigenvalue weighted by Crippen LogP contribution is 2.38. The Hall–Kier alpha value is -3.89. The summed E-state index contributed by atoms with van der Waals surface area (Å²) >= 11 is 0. The largest absolute Gasteiger partial charge is 0.500 e. The van der Waals surface area contributed by atoms with Crippen LogP contribution in [0.1, 0.15) is 23.4 Å². The molecule has 0 saturated heterocycles. The van der Waals surface area contributed by atoms with E-state index in [1.807, 2.05) is 0 Å². The fraction of sp³-hybridized carbons (Fsp3) is 0.200. The van der Waals surface area contributed by atoms with E-state index in [0.29, 0.717) is 17.6 Å². The Labute approximate surface area is 172 Å². The fourth-order valence-corrected chi connectivity index (χ4v) is 3.52. The predicted octanol–water partition coefficient (Wildman–Crippen LogP) is 3.98. The van der Waals surface area contributed by atoms with Gasteiger partial charge in [0.05, 0.1) is 28.5 Å². The average molecular weight is 433 g/mol. The van der Waals surface area contributed by atoms with Crippen LogP contribution in [-0.4, -0.2) is 26.7 Å². The lowest BCUT2D eigenvalue weighted by atomic mass is 10.1. The number of aromatic hydroxyl groups is 1. The van der Waals surface area contributed by atoms with Crippen LogP contribution in [0.15, 0.2) is 35.1 Å². The van der Waals surface area contributed by atoms with Crippen LogP contribution in [0.2, 0.25) is 0 Å². The molecule has 1 N–H and O–H groups in total. The molecule has 0 spiro atoms. The Bertz CT molecular complexity index is 1330. The molecule has 0 bridgehead atoms. The monoisotopic (exact) mass is 433 g/mol. The standard InChI is InChI=1S/C20H14F3N3O5/c1-31-16-8-10(7-15(17(16)27)26(29)30)6-11-4-5-25-18(11)24-14-9-12(20(21,22)23)2-3-13(14)19(25)28/h2-3,6-9,27H,4-5H2,1H3. The second-order valence-electron chi connectivity index (χ2n) is 6.89. The molecule has 0 unspecified atom stereocenters. The SMILES string of the molecule is COc1cc(C=C2CCn3c2nc2cc(C(F)(F)F)ccc2c3=O)cc([N+](=O)[O-])c1O. The Balaban J connectivity index is 1.88. The highest BCUT2D eigenvalue weighted by molar-refractivity contribution is 5.86. The number of benzene rings is 2. The van der Waals surface area contributed by atoms with Gasteiger partial charge in [-0.3, -0.25) is 19.5 Å². The minimum atomic E-state index is -4.58. The number of halogens is 3. The Morgan fingerprint density at radius 1 is 1.29 bits per heavy atom. The van der Waals surface area contributed by atoms with E-state index in [4.69, 9.17) is 4.74 Å². The Morgan fingerprint density at radius 3 is 2.68 bits per heavy atom. The van der Waals surface area contributed by atoms with E-state index < -0.39 is 33.7 Å². The molecule has 0 fully saturated rings. The van der Waals surface area contributed by atoms with Crippen molar-refractivity contribution in [2.75, 3.05) is 7.11 Å². The van der Waals surface area contributed by atoms with Crippen LogP contribution in [0.3, 0.4) is 0 Å². The maximum Gasteiger partial charge on any atom is 0.416 e. The van der Waals surface area contributed by atoms with Crippen LogP contribution in [-0.2, 0) is 12.7 Å². The summed E-state index contributed by atoms with van der Waals surface area (Å²) in [5.74, 6) is -0.550. The number of allylic oxidation sites excluding steroid dienone is 1. The first-order valence-corrected chi connectivity index (χ1v) is 8.98. The van der Waals surface area contributed by atoms with E-state index in [2.05, 4.69) is 4.98 Å². The number of phenols is 1. The van der Waals surface area contributed by atoms with Crippen molar-refractivity contribution in [2.45, 2.75) is 19.1 Å². The molecule has 1 aromatic heterocycles. The van der Waals surface area contributed by atoms with Gasteiger partial charge in [0, 0.05) is 12.6 Å². The third-order valence-electron chi connectivity index (χ3n) is 5.01. The number of fused-ring (bicyclic) bond motifs is 2. The van der Waals surface area contributed by atoms with Crippen LogP contribution in [0, 0.1) is 10.1 Å². The second-order valence-corrected chi connectivity index (χ2v) is 6.89. The number of hydrogen-bond donors (Lipinski definition) is 1. The Kier molecular flexibility index (Phi) is 4.68. The molecule has 0 saturated carbocycles. The summed E-state index contributed by atoms with van der Waals surface area (Å²) < 4.78 is 45.5. The van der Waals surface area contributed by atoms with Gasteiger partial charge in [-0.15, -0.1) is 0 Å². The highest BCUT2D eigenvalue weighted by Gasteiger charge is 2.31. The lowest BCUT2D eigenvalue weighted by molar-refractivity contribution is -0.386. The van der Waals surface area contributed by atoms with Crippen LogP contribution in [0.4, 0.5) is 18.9 Å². The van der Waals surface area contributed by atoms with Crippen LogP contribution in [0.25, 0.3) is 22.6 Å². The van der Waals surface area contributed by atoms with Crippen molar-refractivity contribution < 1.29 is 27.9 Å². The number of nitrogens with zero attached hydrogens (tertiary/aromatic N) is 3. The lowest BCUT2D eigenvalue weighted by Crippen LogP contribution is -2.21. The smallest absolute Gasteiger partial charge is 0.416 e. The maximum atomic E-state index is 13.1. The van der Waals surface area contributed by atoms with Crippen molar-refractivity contribution >= 4 is 28.2 Å². The maximum absolute atomic E-state index is 13.1. The van der Waals surface area contributed by atoms with Crippen LogP contribution in [0.5, 0.6) is 11.5 Å². The van der Waals surface area contributed by atoms with Gasteiger partial charge in [0.1, 0.15) is 5.82 Å². The minimum Gasteiger partial charge on any atom is -0.500 e. The summed E-state index contributed by atoms with van der Waals surface area (Å²) in [4.78, 5) is 27.4. The van der Waals surface area contributed by atoms with E-state index in [9.17, 15) is 33.2 Å². The second kappa shape index (κ2) is 7.11. The van der Waals surface area contributed by atoms with Crippen molar-refractivity contribution in [3.05, 3.63) is 67.8 Å². The molecular weight excluding hydrogens is 419 g/mol. The number of hydrogen-bond acceptors (Lipinski definition) is 6. The summed E-state index contributed by atoms with van der Waals surface area (Å²) in [6.45, 7) is 0.265. The topological polar surface area (TPSA) is 107 Å². The third kappa shape index (κ3) is 3.47.